The van der Waals surface area contributed by atoms with E-state index in [-0.39, 0.29) is 23.6 Å². The average molecular weight is 477 g/mol. The van der Waals surface area contributed by atoms with Crippen molar-refractivity contribution in [2.45, 2.75) is 38.1 Å². The Hall–Kier alpha value is -3.13. The third-order valence-corrected chi connectivity index (χ3v) is 7.51. The first-order valence-electron chi connectivity index (χ1n) is 11.7. The zero-order valence-electron chi connectivity index (χ0n) is 19.4. The number of hydrogen-bond acceptors (Lipinski definition) is 5. The maximum atomic E-state index is 13.6. The minimum Gasteiger partial charge on any atom is -0.342 e. The van der Waals surface area contributed by atoms with Gasteiger partial charge in [-0.15, -0.1) is 0 Å². The number of aromatic nitrogens is 2. The number of aryl methyl sites for hydroxylation is 1. The fourth-order valence-electron chi connectivity index (χ4n) is 5.00. The van der Waals surface area contributed by atoms with Gasteiger partial charge in [0.2, 0.25) is 5.91 Å². The van der Waals surface area contributed by atoms with E-state index < -0.39 is 6.04 Å². The normalized spacial score (nSPS) is 17.5. The topological polar surface area (TPSA) is 86.4 Å². The first kappa shape index (κ1) is 22.7. The number of imide groups is 1. The van der Waals surface area contributed by atoms with Gasteiger partial charge in [0.1, 0.15) is 11.9 Å². The van der Waals surface area contributed by atoms with Crippen LogP contribution in [0, 0.1) is 6.92 Å². The maximum absolute atomic E-state index is 13.6. The van der Waals surface area contributed by atoms with Gasteiger partial charge in [-0.05, 0) is 68.0 Å². The number of fused-ring (bicyclic) bond motifs is 2. The summed E-state index contributed by atoms with van der Waals surface area (Å²) in [4.78, 5) is 51.0. The molecule has 3 aromatic rings. The van der Waals surface area contributed by atoms with E-state index in [0.717, 1.165) is 29.7 Å². The Balaban J connectivity index is 1.31. The van der Waals surface area contributed by atoms with Gasteiger partial charge >= 0.3 is 0 Å². The Bertz CT molecular complexity index is 1230. The minimum atomic E-state index is -0.773. The maximum Gasteiger partial charge on any atom is 0.262 e. The van der Waals surface area contributed by atoms with Crippen LogP contribution in [0.4, 0.5) is 0 Å². The quantitative estimate of drug-likeness (QED) is 0.544. The number of hydrogen-bond donors (Lipinski definition) is 1. The molecule has 1 aromatic heterocycles. The second kappa shape index (κ2) is 9.25. The number of imidazole rings is 1. The Labute approximate surface area is 202 Å². The van der Waals surface area contributed by atoms with Gasteiger partial charge in [0, 0.05) is 19.0 Å². The number of amides is 3. The van der Waals surface area contributed by atoms with Crippen molar-refractivity contribution in [3.8, 4) is 0 Å². The van der Waals surface area contributed by atoms with Crippen molar-refractivity contribution >= 4 is 40.5 Å². The van der Waals surface area contributed by atoms with Gasteiger partial charge in [0.25, 0.3) is 11.8 Å². The third-order valence-electron chi connectivity index (χ3n) is 6.87. The highest BCUT2D eigenvalue weighted by atomic mass is 32.2. The first-order valence-corrected chi connectivity index (χ1v) is 13.1. The molecule has 7 nitrogen and oxygen atoms in total. The smallest absolute Gasteiger partial charge is 0.262 e. The predicted molar refractivity (Wildman–Crippen MR) is 133 cm³/mol. The van der Waals surface area contributed by atoms with Gasteiger partial charge < -0.3 is 9.88 Å². The molecule has 1 saturated heterocycles. The number of nitrogens with zero attached hydrogens (tertiary/aromatic N) is 3. The van der Waals surface area contributed by atoms with Crippen LogP contribution in [-0.4, -0.2) is 68.6 Å². The fraction of sp³-hybridized carbons (Fsp3) is 0.385. The molecule has 2 aliphatic heterocycles. The van der Waals surface area contributed by atoms with Crippen LogP contribution in [-0.2, 0) is 4.79 Å². The minimum absolute atomic E-state index is 0.137. The van der Waals surface area contributed by atoms with Gasteiger partial charge in [-0.2, -0.15) is 11.8 Å². The van der Waals surface area contributed by atoms with Crippen molar-refractivity contribution in [1.82, 2.24) is 19.8 Å². The molecule has 8 heteroatoms. The van der Waals surface area contributed by atoms with Crippen molar-refractivity contribution in [1.29, 1.82) is 0 Å². The number of aromatic amines is 1. The molecule has 1 fully saturated rings. The lowest BCUT2D eigenvalue weighted by atomic mass is 9.95. The molecule has 2 aliphatic rings. The summed E-state index contributed by atoms with van der Waals surface area (Å²) in [7, 11) is 0. The summed E-state index contributed by atoms with van der Waals surface area (Å²) in [5.74, 6) is 1.04. The third kappa shape index (κ3) is 4.00. The van der Waals surface area contributed by atoms with Gasteiger partial charge in [-0.1, -0.05) is 18.2 Å². The largest absolute Gasteiger partial charge is 0.342 e. The van der Waals surface area contributed by atoms with Crippen LogP contribution in [0.1, 0.15) is 57.3 Å². The fourth-order valence-corrected chi connectivity index (χ4v) is 5.46. The summed E-state index contributed by atoms with van der Waals surface area (Å²) in [6.07, 6.45) is 4.00. The van der Waals surface area contributed by atoms with Crippen molar-refractivity contribution in [3.05, 3.63) is 65.0 Å². The molecule has 0 spiro atoms. The summed E-state index contributed by atoms with van der Waals surface area (Å²) in [5.41, 5.74) is 3.95. The molecular formula is C26H28N4O3S. The molecule has 0 aliphatic carbocycles. The first-order chi connectivity index (χ1) is 16.5. The van der Waals surface area contributed by atoms with Gasteiger partial charge in [0.15, 0.2) is 0 Å². The molecule has 1 N–H and O–H groups in total. The number of carbonyl (C=O) groups is 3. The Morgan fingerprint density at radius 1 is 1.12 bits per heavy atom. The van der Waals surface area contributed by atoms with E-state index in [1.807, 2.05) is 17.2 Å². The average Bonchev–Trinajstić information content (AvgIpc) is 3.38. The molecule has 0 radical (unpaired) electrons. The molecule has 2 aromatic carbocycles. The Morgan fingerprint density at radius 3 is 2.44 bits per heavy atom. The molecular weight excluding hydrogens is 448 g/mol. The van der Waals surface area contributed by atoms with Crippen LogP contribution in [0.5, 0.6) is 0 Å². The Kier molecular flexibility index (Phi) is 6.16. The van der Waals surface area contributed by atoms with Crippen LogP contribution < -0.4 is 0 Å². The Morgan fingerprint density at radius 2 is 1.79 bits per heavy atom. The monoisotopic (exact) mass is 476 g/mol. The standard InChI is InChI=1S/C26H28N4O3S/c1-16-7-8-20-21(15-16)28-23(27-20)17-9-12-29(13-10-17)26(33)22(11-14-34-2)30-24(31)18-5-3-4-6-19(18)25(30)32/h3-8,15,17,22H,9-14H2,1-2H3,(H,27,28). The number of carbonyl (C=O) groups excluding carboxylic acids is 3. The van der Waals surface area contributed by atoms with Crippen LogP contribution >= 0.6 is 11.8 Å². The van der Waals surface area contributed by atoms with Crippen LogP contribution in [0.15, 0.2) is 42.5 Å². The number of rotatable bonds is 6. The summed E-state index contributed by atoms with van der Waals surface area (Å²) in [6, 6.07) is 12.2. The van der Waals surface area contributed by atoms with E-state index >= 15 is 0 Å². The number of benzene rings is 2. The van der Waals surface area contributed by atoms with Gasteiger partial charge in [-0.3, -0.25) is 19.3 Å². The van der Waals surface area contributed by atoms with E-state index in [9.17, 15) is 14.4 Å². The summed E-state index contributed by atoms with van der Waals surface area (Å²) in [5, 5.41) is 0. The highest BCUT2D eigenvalue weighted by molar-refractivity contribution is 7.98. The zero-order valence-corrected chi connectivity index (χ0v) is 20.2. The number of H-pyrrole nitrogens is 1. The molecule has 1 unspecified atom stereocenters. The molecule has 5 rings (SSSR count). The van der Waals surface area contributed by atoms with E-state index in [2.05, 4.69) is 24.0 Å². The number of likely N-dealkylation sites (tertiary alicyclic amines) is 1. The van der Waals surface area contributed by atoms with Crippen molar-refractivity contribution in [2.24, 2.45) is 0 Å². The lowest BCUT2D eigenvalue weighted by Gasteiger charge is -2.35. The van der Waals surface area contributed by atoms with Crippen LogP contribution in [0.3, 0.4) is 0 Å². The zero-order chi connectivity index (χ0) is 23.8. The highest BCUT2D eigenvalue weighted by Crippen LogP contribution is 2.31. The number of thioether (sulfide) groups is 1. The summed E-state index contributed by atoms with van der Waals surface area (Å²) in [6.45, 7) is 3.23. The SMILES string of the molecule is CSCCC(C(=O)N1CCC(c2nc3ccc(C)cc3[nH]2)CC1)N1C(=O)c2ccccc2C1=O. The molecule has 0 bridgehead atoms. The van der Waals surface area contributed by atoms with E-state index in [1.54, 1.807) is 36.0 Å². The molecule has 3 amide bonds. The molecule has 34 heavy (non-hydrogen) atoms. The second-order valence-corrected chi connectivity index (χ2v) is 10.1. The highest BCUT2D eigenvalue weighted by Gasteiger charge is 2.44. The van der Waals surface area contributed by atoms with Crippen molar-refractivity contribution in [2.75, 3.05) is 25.1 Å². The second-order valence-electron chi connectivity index (χ2n) is 9.07. The van der Waals surface area contributed by atoms with Gasteiger partial charge in [0.05, 0.1) is 22.2 Å². The van der Waals surface area contributed by atoms with Crippen LogP contribution in [0.25, 0.3) is 11.0 Å². The summed E-state index contributed by atoms with van der Waals surface area (Å²) >= 11 is 1.61. The van der Waals surface area contributed by atoms with E-state index in [0.29, 0.717) is 36.4 Å². The lowest BCUT2D eigenvalue weighted by Crippen LogP contribution is -2.52. The lowest BCUT2D eigenvalue weighted by molar-refractivity contribution is -0.136. The number of nitrogens with one attached hydrogen (secondary N) is 1. The van der Waals surface area contributed by atoms with E-state index in [1.165, 1.54) is 10.5 Å². The number of piperidine rings is 1. The molecule has 0 saturated carbocycles. The molecule has 1 atom stereocenters. The molecule has 3 heterocycles. The van der Waals surface area contributed by atoms with Crippen molar-refractivity contribution in [3.63, 3.8) is 0 Å². The van der Waals surface area contributed by atoms with Crippen molar-refractivity contribution < 1.29 is 14.4 Å². The molecule has 176 valence electrons. The predicted octanol–water partition coefficient (Wildman–Crippen LogP) is 4.00. The van der Waals surface area contributed by atoms with Crippen LogP contribution in [0.2, 0.25) is 0 Å². The van der Waals surface area contributed by atoms with Gasteiger partial charge in [-0.25, -0.2) is 4.98 Å². The summed E-state index contributed by atoms with van der Waals surface area (Å²) < 4.78 is 0. The van der Waals surface area contributed by atoms with E-state index in [4.69, 9.17) is 4.98 Å².